The van der Waals surface area contributed by atoms with E-state index in [1.54, 1.807) is 0 Å². The fourth-order valence-corrected chi connectivity index (χ4v) is 4.66. The maximum absolute atomic E-state index is 4.53. The van der Waals surface area contributed by atoms with Crippen molar-refractivity contribution < 1.29 is 0 Å². The zero-order chi connectivity index (χ0) is 16.6. The van der Waals surface area contributed by atoms with Crippen LogP contribution in [0.1, 0.15) is 43.2 Å². The molecule has 2 fully saturated rings. The molecule has 3 aliphatic rings. The summed E-state index contributed by atoms with van der Waals surface area (Å²) in [6.07, 6.45) is 8.06. The van der Waals surface area contributed by atoms with Crippen LogP contribution in [-0.4, -0.2) is 44.6 Å². The summed E-state index contributed by atoms with van der Waals surface area (Å²) in [7, 11) is 4.11. The maximum atomic E-state index is 4.53. The summed E-state index contributed by atoms with van der Waals surface area (Å²) in [5.74, 6) is 1.08. The number of aliphatic imine (C=N–C) groups is 1. The SMILES string of the molecule is CN=C(NCc1ccc2c(c1)CCCN2C)N1CCC2(CCC2)C1.I. The van der Waals surface area contributed by atoms with Gasteiger partial charge in [-0.25, -0.2) is 0 Å². The van der Waals surface area contributed by atoms with Crippen molar-refractivity contribution in [2.45, 2.75) is 45.1 Å². The van der Waals surface area contributed by atoms with Gasteiger partial charge in [0.1, 0.15) is 0 Å². The van der Waals surface area contributed by atoms with E-state index in [-0.39, 0.29) is 24.0 Å². The number of guanidine groups is 1. The van der Waals surface area contributed by atoms with Crippen LogP contribution in [-0.2, 0) is 13.0 Å². The van der Waals surface area contributed by atoms with Crippen LogP contribution in [0.4, 0.5) is 5.69 Å². The average Bonchev–Trinajstić information content (AvgIpc) is 3.01. The van der Waals surface area contributed by atoms with Gasteiger partial charge in [-0.3, -0.25) is 4.99 Å². The quantitative estimate of drug-likeness (QED) is 0.421. The largest absolute Gasteiger partial charge is 0.374 e. The van der Waals surface area contributed by atoms with E-state index in [9.17, 15) is 0 Å². The van der Waals surface area contributed by atoms with Gasteiger partial charge in [0.2, 0.25) is 0 Å². The standard InChI is InChI=1S/C20H30N4.HI/c1-21-19(24-12-10-20(15-24)8-4-9-20)22-14-16-6-7-18-17(13-16)5-3-11-23(18)2;/h6-7,13H,3-5,8-12,14-15H2,1-2H3,(H,21,22);1H. The molecule has 0 atom stereocenters. The van der Waals surface area contributed by atoms with Gasteiger partial charge in [-0.15, -0.1) is 24.0 Å². The number of halogens is 1. The lowest BCUT2D eigenvalue weighted by molar-refractivity contribution is 0.151. The number of hydrogen-bond acceptors (Lipinski definition) is 2. The summed E-state index contributed by atoms with van der Waals surface area (Å²) >= 11 is 0. The van der Waals surface area contributed by atoms with E-state index in [1.807, 2.05) is 7.05 Å². The van der Waals surface area contributed by atoms with E-state index in [0.29, 0.717) is 5.41 Å². The molecule has 1 N–H and O–H groups in total. The molecule has 1 aliphatic carbocycles. The summed E-state index contributed by atoms with van der Waals surface area (Å²) in [5, 5.41) is 3.59. The average molecular weight is 454 g/mol. The summed E-state index contributed by atoms with van der Waals surface area (Å²) in [6.45, 7) is 4.40. The van der Waals surface area contributed by atoms with Crippen LogP contribution >= 0.6 is 24.0 Å². The van der Waals surface area contributed by atoms with Crippen LogP contribution in [0.3, 0.4) is 0 Å². The van der Waals surface area contributed by atoms with E-state index in [1.165, 1.54) is 68.4 Å². The second-order valence-corrected chi connectivity index (χ2v) is 7.91. The molecule has 138 valence electrons. The first-order valence-electron chi connectivity index (χ1n) is 9.48. The van der Waals surface area contributed by atoms with Crippen molar-refractivity contribution in [2.24, 2.45) is 10.4 Å². The van der Waals surface area contributed by atoms with Crippen molar-refractivity contribution >= 4 is 35.6 Å². The molecule has 5 heteroatoms. The number of nitrogens with zero attached hydrogens (tertiary/aromatic N) is 3. The van der Waals surface area contributed by atoms with Crippen molar-refractivity contribution in [3.05, 3.63) is 29.3 Å². The first kappa shape index (κ1) is 18.8. The molecular formula is C20H31IN4. The van der Waals surface area contributed by atoms with Gasteiger partial charge in [-0.2, -0.15) is 0 Å². The Morgan fingerprint density at radius 1 is 1.20 bits per heavy atom. The van der Waals surface area contributed by atoms with Gasteiger partial charge in [0, 0.05) is 46.0 Å². The second kappa shape index (κ2) is 7.72. The normalized spacial score (nSPS) is 21.6. The number of aryl methyl sites for hydroxylation is 1. The zero-order valence-corrected chi connectivity index (χ0v) is 17.9. The molecule has 25 heavy (non-hydrogen) atoms. The molecule has 0 bridgehead atoms. The van der Waals surface area contributed by atoms with Crippen molar-refractivity contribution in [3.63, 3.8) is 0 Å². The topological polar surface area (TPSA) is 30.9 Å². The lowest BCUT2D eigenvalue weighted by Gasteiger charge is -2.38. The fourth-order valence-electron chi connectivity index (χ4n) is 4.66. The maximum Gasteiger partial charge on any atom is 0.193 e. The highest BCUT2D eigenvalue weighted by molar-refractivity contribution is 14.0. The minimum absolute atomic E-state index is 0. The van der Waals surface area contributed by atoms with Gasteiger partial charge in [0.15, 0.2) is 5.96 Å². The number of benzene rings is 1. The molecular weight excluding hydrogens is 423 g/mol. The summed E-state index contributed by atoms with van der Waals surface area (Å²) in [5.41, 5.74) is 4.88. The Kier molecular flexibility index (Phi) is 5.81. The number of likely N-dealkylation sites (tertiary alicyclic amines) is 1. The molecule has 0 aromatic heterocycles. The molecule has 1 saturated carbocycles. The minimum atomic E-state index is 0. The predicted molar refractivity (Wildman–Crippen MR) is 116 cm³/mol. The van der Waals surface area contributed by atoms with Crippen LogP contribution in [0.25, 0.3) is 0 Å². The Morgan fingerprint density at radius 3 is 2.72 bits per heavy atom. The third-order valence-electron chi connectivity index (χ3n) is 6.31. The molecule has 0 unspecified atom stereocenters. The van der Waals surface area contributed by atoms with Gasteiger partial charge in [-0.05, 0) is 54.7 Å². The Morgan fingerprint density at radius 2 is 2.04 bits per heavy atom. The third kappa shape index (κ3) is 3.76. The number of fused-ring (bicyclic) bond motifs is 1. The lowest BCUT2D eigenvalue weighted by atomic mass is 9.68. The smallest absolute Gasteiger partial charge is 0.193 e. The van der Waals surface area contributed by atoms with Crippen molar-refractivity contribution in [3.8, 4) is 0 Å². The van der Waals surface area contributed by atoms with E-state index in [4.69, 9.17) is 0 Å². The van der Waals surface area contributed by atoms with Crippen LogP contribution in [0, 0.1) is 5.41 Å². The first-order chi connectivity index (χ1) is 11.7. The molecule has 1 aromatic rings. The highest BCUT2D eigenvalue weighted by Crippen LogP contribution is 2.47. The molecule has 2 aliphatic heterocycles. The minimum Gasteiger partial charge on any atom is -0.374 e. The zero-order valence-electron chi connectivity index (χ0n) is 15.6. The fraction of sp³-hybridized carbons (Fsp3) is 0.650. The van der Waals surface area contributed by atoms with E-state index >= 15 is 0 Å². The van der Waals surface area contributed by atoms with Crippen LogP contribution in [0.15, 0.2) is 23.2 Å². The Labute approximate surface area is 169 Å². The number of anilines is 1. The highest BCUT2D eigenvalue weighted by Gasteiger charge is 2.43. The van der Waals surface area contributed by atoms with Crippen molar-refractivity contribution in [1.82, 2.24) is 10.2 Å². The Bertz CT molecular complexity index is 639. The molecule has 1 spiro atoms. The van der Waals surface area contributed by atoms with E-state index in [2.05, 4.69) is 45.4 Å². The Hall–Kier alpha value is -0.980. The number of rotatable bonds is 2. The predicted octanol–water partition coefficient (Wildman–Crippen LogP) is 3.64. The number of nitrogens with one attached hydrogen (secondary N) is 1. The van der Waals surface area contributed by atoms with E-state index in [0.717, 1.165) is 19.0 Å². The molecule has 2 heterocycles. The monoisotopic (exact) mass is 454 g/mol. The van der Waals surface area contributed by atoms with Gasteiger partial charge in [0.05, 0.1) is 0 Å². The van der Waals surface area contributed by atoms with Crippen LogP contribution in [0.2, 0.25) is 0 Å². The molecule has 0 radical (unpaired) electrons. The third-order valence-corrected chi connectivity index (χ3v) is 6.31. The van der Waals surface area contributed by atoms with Crippen LogP contribution < -0.4 is 10.2 Å². The highest BCUT2D eigenvalue weighted by atomic mass is 127. The van der Waals surface area contributed by atoms with E-state index < -0.39 is 0 Å². The first-order valence-corrected chi connectivity index (χ1v) is 9.48. The van der Waals surface area contributed by atoms with Crippen molar-refractivity contribution in [2.75, 3.05) is 38.6 Å². The van der Waals surface area contributed by atoms with Gasteiger partial charge in [0.25, 0.3) is 0 Å². The van der Waals surface area contributed by atoms with Crippen molar-refractivity contribution in [1.29, 1.82) is 0 Å². The van der Waals surface area contributed by atoms with Gasteiger partial charge < -0.3 is 15.1 Å². The molecule has 1 aromatic carbocycles. The summed E-state index contributed by atoms with van der Waals surface area (Å²) in [6, 6.07) is 6.93. The summed E-state index contributed by atoms with van der Waals surface area (Å²) < 4.78 is 0. The number of hydrogen-bond donors (Lipinski definition) is 1. The summed E-state index contributed by atoms with van der Waals surface area (Å²) in [4.78, 5) is 9.37. The van der Waals surface area contributed by atoms with Gasteiger partial charge >= 0.3 is 0 Å². The van der Waals surface area contributed by atoms with Gasteiger partial charge in [-0.1, -0.05) is 18.6 Å². The lowest BCUT2D eigenvalue weighted by Crippen LogP contribution is -2.42. The second-order valence-electron chi connectivity index (χ2n) is 7.91. The molecule has 1 saturated heterocycles. The molecule has 0 amide bonds. The molecule has 4 rings (SSSR count). The Balaban J connectivity index is 0.00000182. The van der Waals surface area contributed by atoms with Crippen LogP contribution in [0.5, 0.6) is 0 Å². The molecule has 4 nitrogen and oxygen atoms in total.